The fourth-order valence-corrected chi connectivity index (χ4v) is 5.60. The zero-order chi connectivity index (χ0) is 22.7. The number of nitrogens with zero attached hydrogens (tertiary/aromatic N) is 3. The van der Waals surface area contributed by atoms with E-state index in [1.165, 1.54) is 4.31 Å². The van der Waals surface area contributed by atoms with E-state index in [1.54, 1.807) is 35.4 Å². The molecule has 0 aliphatic carbocycles. The molecule has 2 fully saturated rings. The molecule has 2 amide bonds. The van der Waals surface area contributed by atoms with Crippen LogP contribution in [0, 0.1) is 11.8 Å². The molecular formula is C23H28N4O4S. The van der Waals surface area contributed by atoms with E-state index in [4.69, 9.17) is 0 Å². The molecule has 8 nitrogen and oxygen atoms in total. The van der Waals surface area contributed by atoms with Crippen molar-refractivity contribution in [1.82, 2.24) is 14.6 Å². The van der Waals surface area contributed by atoms with E-state index in [-0.39, 0.29) is 29.7 Å². The minimum atomic E-state index is -3.54. The zero-order valence-corrected chi connectivity index (χ0v) is 18.9. The van der Waals surface area contributed by atoms with Crippen LogP contribution < -0.4 is 10.2 Å². The molecule has 170 valence electrons. The first kappa shape index (κ1) is 22.4. The number of aromatic nitrogens is 1. The van der Waals surface area contributed by atoms with E-state index in [0.717, 1.165) is 18.5 Å². The number of hydrogen-bond acceptors (Lipinski definition) is 5. The van der Waals surface area contributed by atoms with Crippen molar-refractivity contribution in [3.8, 4) is 0 Å². The van der Waals surface area contributed by atoms with Crippen LogP contribution in [0.1, 0.15) is 31.9 Å². The van der Waals surface area contributed by atoms with Crippen molar-refractivity contribution in [3.05, 3.63) is 54.4 Å². The Morgan fingerprint density at radius 2 is 1.84 bits per heavy atom. The quantitative estimate of drug-likeness (QED) is 0.718. The van der Waals surface area contributed by atoms with Crippen molar-refractivity contribution >= 4 is 27.5 Å². The van der Waals surface area contributed by atoms with Crippen molar-refractivity contribution in [2.45, 2.75) is 37.6 Å². The SMILES string of the molecule is CC1CCN(S(=O)(=O)c2ccc(N3CC(C(=O)NCc4ccccn4)CC3=O)cc2)CC1. The van der Waals surface area contributed by atoms with Gasteiger partial charge in [-0.1, -0.05) is 13.0 Å². The summed E-state index contributed by atoms with van der Waals surface area (Å²) in [7, 11) is -3.54. The van der Waals surface area contributed by atoms with Crippen molar-refractivity contribution in [3.63, 3.8) is 0 Å². The summed E-state index contributed by atoms with van der Waals surface area (Å²) in [6, 6.07) is 11.9. The number of pyridine rings is 1. The number of amides is 2. The van der Waals surface area contributed by atoms with Crippen LogP contribution in [0.3, 0.4) is 0 Å². The normalized spacial score (nSPS) is 20.5. The number of carbonyl (C=O) groups is 2. The average Bonchev–Trinajstić information content (AvgIpc) is 3.20. The first-order chi connectivity index (χ1) is 15.3. The highest BCUT2D eigenvalue weighted by Gasteiger charge is 2.35. The van der Waals surface area contributed by atoms with Crippen LogP contribution >= 0.6 is 0 Å². The summed E-state index contributed by atoms with van der Waals surface area (Å²) in [5.74, 6) is -0.252. The van der Waals surface area contributed by atoms with E-state index in [2.05, 4.69) is 17.2 Å². The largest absolute Gasteiger partial charge is 0.350 e. The summed E-state index contributed by atoms with van der Waals surface area (Å²) in [5, 5.41) is 2.84. The van der Waals surface area contributed by atoms with Gasteiger partial charge in [0.15, 0.2) is 0 Å². The molecule has 1 unspecified atom stereocenters. The van der Waals surface area contributed by atoms with E-state index in [1.807, 2.05) is 18.2 Å². The molecule has 2 aliphatic heterocycles. The summed E-state index contributed by atoms with van der Waals surface area (Å²) in [6.07, 6.45) is 3.52. The van der Waals surface area contributed by atoms with Gasteiger partial charge in [0.25, 0.3) is 0 Å². The maximum absolute atomic E-state index is 12.9. The van der Waals surface area contributed by atoms with E-state index < -0.39 is 15.9 Å². The van der Waals surface area contributed by atoms with Crippen LogP contribution in [0.2, 0.25) is 0 Å². The van der Waals surface area contributed by atoms with Crippen molar-refractivity contribution < 1.29 is 18.0 Å². The number of nitrogens with one attached hydrogen (secondary N) is 1. The van der Waals surface area contributed by atoms with Crippen LogP contribution in [-0.4, -0.2) is 49.2 Å². The Labute approximate surface area is 188 Å². The smallest absolute Gasteiger partial charge is 0.243 e. The molecule has 2 aromatic rings. The van der Waals surface area contributed by atoms with E-state index >= 15 is 0 Å². The highest BCUT2D eigenvalue weighted by atomic mass is 32.2. The van der Waals surface area contributed by atoms with E-state index in [0.29, 0.717) is 31.2 Å². The first-order valence-corrected chi connectivity index (χ1v) is 12.4. The molecule has 1 aromatic carbocycles. The summed E-state index contributed by atoms with van der Waals surface area (Å²) in [4.78, 5) is 31.0. The van der Waals surface area contributed by atoms with Gasteiger partial charge in [-0.2, -0.15) is 4.31 Å². The van der Waals surface area contributed by atoms with E-state index in [9.17, 15) is 18.0 Å². The summed E-state index contributed by atoms with van der Waals surface area (Å²) < 4.78 is 27.3. The standard InChI is InChI=1S/C23H28N4O4S/c1-17-9-12-26(13-10-17)32(30,31)21-7-5-20(6-8-21)27-16-18(14-22(27)28)23(29)25-15-19-4-2-3-11-24-19/h2-8,11,17-18H,9-10,12-16H2,1H3,(H,25,29). The number of rotatable bonds is 6. The predicted octanol–water partition coefficient (Wildman–Crippen LogP) is 2.17. The van der Waals surface area contributed by atoms with Gasteiger partial charge in [-0.25, -0.2) is 8.42 Å². The molecule has 1 atom stereocenters. The Hall–Kier alpha value is -2.78. The number of anilines is 1. The molecule has 1 aromatic heterocycles. The van der Waals surface area contributed by atoms with Crippen molar-refractivity contribution in [2.75, 3.05) is 24.5 Å². The zero-order valence-electron chi connectivity index (χ0n) is 18.1. The number of carbonyl (C=O) groups excluding carboxylic acids is 2. The van der Waals surface area contributed by atoms with Crippen molar-refractivity contribution in [2.24, 2.45) is 11.8 Å². The third kappa shape index (κ3) is 4.83. The molecule has 0 radical (unpaired) electrons. The number of hydrogen-bond donors (Lipinski definition) is 1. The highest BCUT2D eigenvalue weighted by molar-refractivity contribution is 7.89. The molecule has 0 spiro atoms. The number of benzene rings is 1. The predicted molar refractivity (Wildman–Crippen MR) is 120 cm³/mol. The maximum Gasteiger partial charge on any atom is 0.243 e. The number of sulfonamides is 1. The van der Waals surface area contributed by atoms with Gasteiger partial charge in [-0.05, 0) is 55.2 Å². The second kappa shape index (κ2) is 9.38. The molecule has 0 bridgehead atoms. The summed E-state index contributed by atoms with van der Waals surface area (Å²) in [5.41, 5.74) is 1.35. The van der Waals surface area contributed by atoms with Gasteiger partial charge in [0.05, 0.1) is 23.1 Å². The summed E-state index contributed by atoms with van der Waals surface area (Å²) >= 11 is 0. The molecule has 0 saturated carbocycles. The molecule has 3 heterocycles. The second-order valence-corrected chi connectivity index (χ2v) is 10.5. The maximum atomic E-state index is 12.9. The Kier molecular flexibility index (Phi) is 6.57. The number of piperidine rings is 1. The van der Waals surface area contributed by atoms with Crippen LogP contribution in [0.5, 0.6) is 0 Å². The van der Waals surface area contributed by atoms with Gasteiger partial charge < -0.3 is 10.2 Å². The lowest BCUT2D eigenvalue weighted by molar-refractivity contribution is -0.126. The van der Waals surface area contributed by atoms with Crippen LogP contribution in [0.25, 0.3) is 0 Å². The lowest BCUT2D eigenvalue weighted by Gasteiger charge is -2.29. The van der Waals surface area contributed by atoms with Gasteiger partial charge in [0.1, 0.15) is 0 Å². The third-order valence-corrected chi connectivity index (χ3v) is 8.11. The molecule has 2 aliphatic rings. The van der Waals surface area contributed by atoms with Gasteiger partial charge in [0, 0.05) is 37.9 Å². The van der Waals surface area contributed by atoms with Crippen LogP contribution in [0.4, 0.5) is 5.69 Å². The second-order valence-electron chi connectivity index (χ2n) is 8.52. The third-order valence-electron chi connectivity index (χ3n) is 6.19. The van der Waals surface area contributed by atoms with Gasteiger partial charge >= 0.3 is 0 Å². The molecule has 32 heavy (non-hydrogen) atoms. The van der Waals surface area contributed by atoms with Crippen LogP contribution in [-0.2, 0) is 26.2 Å². The molecular weight excluding hydrogens is 428 g/mol. The van der Waals surface area contributed by atoms with Crippen LogP contribution in [0.15, 0.2) is 53.6 Å². The molecule has 1 N–H and O–H groups in total. The van der Waals surface area contributed by atoms with Gasteiger partial charge in [-0.3, -0.25) is 14.6 Å². The topological polar surface area (TPSA) is 99.7 Å². The fraction of sp³-hybridized carbons (Fsp3) is 0.435. The molecule has 2 saturated heterocycles. The fourth-order valence-electron chi connectivity index (χ4n) is 4.13. The monoisotopic (exact) mass is 456 g/mol. The lowest BCUT2D eigenvalue weighted by atomic mass is 10.0. The van der Waals surface area contributed by atoms with Gasteiger partial charge in [-0.15, -0.1) is 0 Å². The Morgan fingerprint density at radius 3 is 2.50 bits per heavy atom. The Balaban J connectivity index is 1.38. The summed E-state index contributed by atoms with van der Waals surface area (Å²) in [6.45, 7) is 3.78. The lowest BCUT2D eigenvalue weighted by Crippen LogP contribution is -2.37. The van der Waals surface area contributed by atoms with Gasteiger partial charge in [0.2, 0.25) is 21.8 Å². The first-order valence-electron chi connectivity index (χ1n) is 10.9. The molecule has 9 heteroatoms. The Morgan fingerprint density at radius 1 is 1.12 bits per heavy atom. The average molecular weight is 457 g/mol. The van der Waals surface area contributed by atoms with Crippen molar-refractivity contribution in [1.29, 1.82) is 0 Å². The minimum Gasteiger partial charge on any atom is -0.350 e. The minimum absolute atomic E-state index is 0.125. The Bertz CT molecular complexity index is 1060. The molecule has 4 rings (SSSR count). The highest BCUT2D eigenvalue weighted by Crippen LogP contribution is 2.28.